The fourth-order valence-corrected chi connectivity index (χ4v) is 3.82. The highest BCUT2D eigenvalue weighted by Gasteiger charge is 2.25. The van der Waals surface area contributed by atoms with Crippen LogP contribution in [0.3, 0.4) is 0 Å². The van der Waals surface area contributed by atoms with Gasteiger partial charge in [-0.1, -0.05) is 52.6 Å². The van der Waals surface area contributed by atoms with Crippen LogP contribution in [-0.4, -0.2) is 28.3 Å². The van der Waals surface area contributed by atoms with Crippen molar-refractivity contribution in [3.8, 4) is 0 Å². The Hall–Kier alpha value is -1.20. The third kappa shape index (κ3) is 4.32. The number of carbonyl (C=O) groups excluding carboxylic acids is 1. The lowest BCUT2D eigenvalue weighted by Crippen LogP contribution is -2.39. The van der Waals surface area contributed by atoms with Gasteiger partial charge in [0.15, 0.2) is 5.17 Å². The number of halogens is 3. The van der Waals surface area contributed by atoms with Crippen molar-refractivity contribution in [1.82, 2.24) is 4.90 Å². The van der Waals surface area contributed by atoms with E-state index in [0.29, 0.717) is 32.3 Å². The smallest absolute Gasteiger partial charge is 0.259 e. The molecule has 130 valence electrons. The average Bonchev–Trinajstić information content (AvgIpc) is 2.60. The zero-order chi connectivity index (χ0) is 18.0. The van der Waals surface area contributed by atoms with Crippen molar-refractivity contribution in [2.75, 3.05) is 12.3 Å². The van der Waals surface area contributed by atoms with Gasteiger partial charge in [-0.3, -0.25) is 9.69 Å². The molecule has 0 N–H and O–H groups in total. The van der Waals surface area contributed by atoms with E-state index in [2.05, 4.69) is 4.99 Å². The molecule has 1 aliphatic rings. The Morgan fingerprint density at radius 2 is 1.88 bits per heavy atom. The van der Waals surface area contributed by atoms with Gasteiger partial charge in [0.25, 0.3) is 5.91 Å². The van der Waals surface area contributed by atoms with Crippen molar-refractivity contribution in [2.24, 2.45) is 4.99 Å². The summed E-state index contributed by atoms with van der Waals surface area (Å²) in [5, 5.41) is 2.11. The Labute approximate surface area is 166 Å². The molecule has 2 aromatic rings. The lowest BCUT2D eigenvalue weighted by atomic mass is 10.2. The van der Waals surface area contributed by atoms with Gasteiger partial charge in [0.05, 0.1) is 15.7 Å². The third-order valence-electron chi connectivity index (χ3n) is 3.78. The van der Waals surface area contributed by atoms with Gasteiger partial charge in [0.1, 0.15) is 0 Å². The first-order chi connectivity index (χ1) is 12.0. The summed E-state index contributed by atoms with van der Waals surface area (Å²) in [6.07, 6.45) is 0.908. The second-order valence-electron chi connectivity index (χ2n) is 5.62. The van der Waals surface area contributed by atoms with Crippen LogP contribution in [-0.2, 0) is 0 Å². The van der Waals surface area contributed by atoms with Gasteiger partial charge in [0, 0.05) is 22.9 Å². The first-order valence-corrected chi connectivity index (χ1v) is 9.82. The van der Waals surface area contributed by atoms with Crippen molar-refractivity contribution < 1.29 is 4.79 Å². The van der Waals surface area contributed by atoms with Crippen LogP contribution in [0.4, 0.5) is 5.69 Å². The lowest BCUT2D eigenvalue weighted by molar-refractivity contribution is 0.0849. The van der Waals surface area contributed by atoms with Gasteiger partial charge in [0.2, 0.25) is 0 Å². The maximum Gasteiger partial charge on any atom is 0.259 e. The molecule has 0 spiro atoms. The molecule has 0 atom stereocenters. The minimum Gasteiger partial charge on any atom is -0.287 e. The molecule has 3 rings (SSSR count). The summed E-state index contributed by atoms with van der Waals surface area (Å²) in [6.45, 7) is 2.55. The molecule has 25 heavy (non-hydrogen) atoms. The van der Waals surface area contributed by atoms with E-state index in [9.17, 15) is 4.79 Å². The number of rotatable bonds is 2. The van der Waals surface area contributed by atoms with E-state index in [1.807, 2.05) is 19.1 Å². The largest absolute Gasteiger partial charge is 0.287 e. The van der Waals surface area contributed by atoms with E-state index in [1.165, 1.54) is 0 Å². The highest BCUT2D eigenvalue weighted by molar-refractivity contribution is 8.13. The summed E-state index contributed by atoms with van der Waals surface area (Å²) in [5.41, 5.74) is 2.21. The predicted molar refractivity (Wildman–Crippen MR) is 108 cm³/mol. The Bertz CT molecular complexity index is 854. The average molecular weight is 414 g/mol. The Kier molecular flexibility index (Phi) is 5.95. The van der Waals surface area contributed by atoms with Crippen LogP contribution in [0, 0.1) is 6.92 Å². The summed E-state index contributed by atoms with van der Waals surface area (Å²) in [6, 6.07) is 10.5. The van der Waals surface area contributed by atoms with Gasteiger partial charge < -0.3 is 0 Å². The van der Waals surface area contributed by atoms with Crippen LogP contribution in [0.5, 0.6) is 0 Å². The molecule has 1 heterocycles. The van der Waals surface area contributed by atoms with E-state index in [-0.39, 0.29) is 5.91 Å². The number of nitrogens with zero attached hydrogens (tertiary/aromatic N) is 2. The topological polar surface area (TPSA) is 32.7 Å². The number of benzene rings is 2. The number of hydrogen-bond donors (Lipinski definition) is 0. The molecule has 0 radical (unpaired) electrons. The maximum atomic E-state index is 12.9. The fourth-order valence-electron chi connectivity index (χ4n) is 2.39. The minimum atomic E-state index is -0.136. The quantitative estimate of drug-likeness (QED) is 0.585. The van der Waals surface area contributed by atoms with Gasteiger partial charge in [-0.2, -0.15) is 0 Å². The van der Waals surface area contributed by atoms with Crippen molar-refractivity contribution in [1.29, 1.82) is 0 Å². The Morgan fingerprint density at radius 1 is 1.08 bits per heavy atom. The molecule has 0 unspecified atom stereocenters. The molecule has 1 aliphatic heterocycles. The fraction of sp³-hybridized carbons (Fsp3) is 0.222. The molecule has 1 saturated heterocycles. The SMILES string of the molecule is Cc1ccc(N=C2SCCCN2C(=O)c2ccc(Cl)c(Cl)c2)cc1Cl. The zero-order valence-corrected chi connectivity index (χ0v) is 16.5. The molecule has 1 fully saturated rings. The monoisotopic (exact) mass is 412 g/mol. The number of hydrogen-bond acceptors (Lipinski definition) is 3. The first-order valence-electron chi connectivity index (χ1n) is 7.70. The van der Waals surface area contributed by atoms with E-state index >= 15 is 0 Å². The molecule has 3 nitrogen and oxygen atoms in total. The van der Waals surface area contributed by atoms with Crippen molar-refractivity contribution in [3.63, 3.8) is 0 Å². The summed E-state index contributed by atoms with van der Waals surface area (Å²) in [7, 11) is 0. The van der Waals surface area contributed by atoms with E-state index in [4.69, 9.17) is 34.8 Å². The molecule has 1 amide bonds. The Balaban J connectivity index is 1.92. The van der Waals surface area contributed by atoms with Crippen molar-refractivity contribution in [3.05, 3.63) is 62.6 Å². The molecular formula is C18H15Cl3N2OS. The number of aryl methyl sites for hydroxylation is 1. The van der Waals surface area contributed by atoms with Crippen LogP contribution in [0.1, 0.15) is 22.3 Å². The normalized spacial score (nSPS) is 16.3. The predicted octanol–water partition coefficient (Wildman–Crippen LogP) is 6.22. The van der Waals surface area contributed by atoms with E-state index in [1.54, 1.807) is 40.9 Å². The second-order valence-corrected chi connectivity index (χ2v) is 7.90. The third-order valence-corrected chi connectivity index (χ3v) is 5.99. The van der Waals surface area contributed by atoms with Crippen LogP contribution in [0.15, 0.2) is 41.4 Å². The first kappa shape index (κ1) is 18.6. The molecule has 0 bridgehead atoms. The summed E-state index contributed by atoms with van der Waals surface area (Å²) >= 11 is 19.7. The van der Waals surface area contributed by atoms with Crippen molar-refractivity contribution >= 4 is 63.3 Å². The highest BCUT2D eigenvalue weighted by atomic mass is 35.5. The summed E-state index contributed by atoms with van der Waals surface area (Å²) in [4.78, 5) is 19.2. The van der Waals surface area contributed by atoms with Gasteiger partial charge in [-0.15, -0.1) is 0 Å². The minimum absolute atomic E-state index is 0.136. The van der Waals surface area contributed by atoms with Crippen LogP contribution in [0.25, 0.3) is 0 Å². The summed E-state index contributed by atoms with van der Waals surface area (Å²) in [5.74, 6) is 0.784. The number of thioether (sulfide) groups is 1. The van der Waals surface area contributed by atoms with Crippen molar-refractivity contribution in [2.45, 2.75) is 13.3 Å². The summed E-state index contributed by atoms with van der Waals surface area (Å²) < 4.78 is 0. The number of amidine groups is 1. The van der Waals surface area contributed by atoms with Gasteiger partial charge >= 0.3 is 0 Å². The lowest BCUT2D eigenvalue weighted by Gasteiger charge is -2.28. The number of carbonyl (C=O) groups is 1. The molecule has 2 aromatic carbocycles. The standard InChI is InChI=1S/C18H15Cl3N2OS/c1-11-3-5-13(10-15(11)20)22-18-23(7-2-8-25-18)17(24)12-4-6-14(19)16(21)9-12/h3-6,9-10H,2,7-8H2,1H3. The van der Waals surface area contributed by atoms with E-state index in [0.717, 1.165) is 23.4 Å². The molecule has 7 heteroatoms. The molecular weight excluding hydrogens is 399 g/mol. The number of amides is 1. The van der Waals surface area contributed by atoms with E-state index < -0.39 is 0 Å². The molecule has 0 aromatic heterocycles. The van der Waals surface area contributed by atoms with Crippen LogP contribution >= 0.6 is 46.6 Å². The molecule has 0 saturated carbocycles. The van der Waals surface area contributed by atoms with Gasteiger partial charge in [-0.25, -0.2) is 4.99 Å². The second kappa shape index (κ2) is 8.00. The zero-order valence-electron chi connectivity index (χ0n) is 13.4. The Morgan fingerprint density at radius 3 is 2.60 bits per heavy atom. The molecule has 0 aliphatic carbocycles. The highest BCUT2D eigenvalue weighted by Crippen LogP contribution is 2.28. The maximum absolute atomic E-state index is 12.9. The number of aliphatic imine (C=N–C) groups is 1. The van der Waals surface area contributed by atoms with Crippen LogP contribution < -0.4 is 0 Å². The van der Waals surface area contributed by atoms with Gasteiger partial charge in [-0.05, 0) is 49.2 Å². The van der Waals surface area contributed by atoms with Crippen LogP contribution in [0.2, 0.25) is 15.1 Å².